The molecule has 1 saturated carbocycles. The zero-order chi connectivity index (χ0) is 14.8. The SMILES string of the molecule is CCC1CN(C2CC(C(C)(C)CC)CCC2N)CCO1. The van der Waals surface area contributed by atoms with Crippen LogP contribution in [0.5, 0.6) is 0 Å². The van der Waals surface area contributed by atoms with Crippen molar-refractivity contribution in [2.45, 2.75) is 78.0 Å². The zero-order valence-electron chi connectivity index (χ0n) is 13.9. The van der Waals surface area contributed by atoms with Crippen molar-refractivity contribution in [2.24, 2.45) is 17.1 Å². The Hall–Kier alpha value is -0.120. The van der Waals surface area contributed by atoms with Gasteiger partial charge in [0.15, 0.2) is 0 Å². The van der Waals surface area contributed by atoms with Crippen molar-refractivity contribution < 1.29 is 4.74 Å². The van der Waals surface area contributed by atoms with Crippen LogP contribution in [0, 0.1) is 11.3 Å². The van der Waals surface area contributed by atoms with Gasteiger partial charge in [-0.1, -0.05) is 34.1 Å². The number of morpholine rings is 1. The Morgan fingerprint density at radius 1 is 1.25 bits per heavy atom. The van der Waals surface area contributed by atoms with Crippen molar-refractivity contribution >= 4 is 0 Å². The average Bonchev–Trinajstić information content (AvgIpc) is 2.47. The van der Waals surface area contributed by atoms with Crippen LogP contribution in [0.2, 0.25) is 0 Å². The number of hydrogen-bond acceptors (Lipinski definition) is 3. The maximum atomic E-state index is 6.46. The van der Waals surface area contributed by atoms with Gasteiger partial charge in [-0.05, 0) is 37.0 Å². The lowest BCUT2D eigenvalue weighted by atomic mass is 9.67. The normalized spacial score (nSPS) is 37.0. The van der Waals surface area contributed by atoms with Gasteiger partial charge < -0.3 is 10.5 Å². The molecular weight excluding hydrogens is 248 g/mol. The van der Waals surface area contributed by atoms with Gasteiger partial charge in [0.05, 0.1) is 12.7 Å². The van der Waals surface area contributed by atoms with Gasteiger partial charge in [-0.15, -0.1) is 0 Å². The Kier molecular flexibility index (Phi) is 5.49. The van der Waals surface area contributed by atoms with E-state index in [1.165, 1.54) is 25.7 Å². The fourth-order valence-electron chi connectivity index (χ4n) is 3.88. The molecule has 1 heterocycles. The first-order chi connectivity index (χ1) is 9.47. The molecule has 3 nitrogen and oxygen atoms in total. The van der Waals surface area contributed by atoms with E-state index in [0.29, 0.717) is 23.6 Å². The molecule has 4 unspecified atom stereocenters. The molecule has 0 aromatic rings. The topological polar surface area (TPSA) is 38.5 Å². The molecule has 1 aliphatic heterocycles. The molecule has 20 heavy (non-hydrogen) atoms. The predicted molar refractivity (Wildman–Crippen MR) is 84.8 cm³/mol. The molecule has 3 heteroatoms. The molecule has 1 saturated heterocycles. The fraction of sp³-hybridized carbons (Fsp3) is 1.00. The largest absolute Gasteiger partial charge is 0.376 e. The molecule has 0 spiro atoms. The maximum Gasteiger partial charge on any atom is 0.0700 e. The molecule has 4 atom stereocenters. The van der Waals surface area contributed by atoms with Gasteiger partial charge in [-0.25, -0.2) is 0 Å². The summed E-state index contributed by atoms with van der Waals surface area (Å²) in [6.07, 6.45) is 6.56. The summed E-state index contributed by atoms with van der Waals surface area (Å²) in [4.78, 5) is 2.63. The summed E-state index contributed by atoms with van der Waals surface area (Å²) >= 11 is 0. The second-order valence-electron chi connectivity index (χ2n) is 7.48. The lowest BCUT2D eigenvalue weighted by Gasteiger charge is -2.48. The Morgan fingerprint density at radius 2 is 2.00 bits per heavy atom. The quantitative estimate of drug-likeness (QED) is 0.861. The van der Waals surface area contributed by atoms with E-state index in [-0.39, 0.29) is 0 Å². The van der Waals surface area contributed by atoms with Crippen molar-refractivity contribution in [1.29, 1.82) is 0 Å². The highest BCUT2D eigenvalue weighted by atomic mass is 16.5. The van der Waals surface area contributed by atoms with E-state index in [1.807, 2.05) is 0 Å². The minimum Gasteiger partial charge on any atom is -0.376 e. The predicted octanol–water partition coefficient (Wildman–Crippen LogP) is 3.03. The van der Waals surface area contributed by atoms with Crippen molar-refractivity contribution in [3.63, 3.8) is 0 Å². The average molecular weight is 282 g/mol. The lowest BCUT2D eigenvalue weighted by Crippen LogP contribution is -2.57. The highest BCUT2D eigenvalue weighted by Gasteiger charge is 2.39. The van der Waals surface area contributed by atoms with Crippen molar-refractivity contribution in [3.8, 4) is 0 Å². The summed E-state index contributed by atoms with van der Waals surface area (Å²) in [5, 5.41) is 0. The second-order valence-corrected chi connectivity index (χ2v) is 7.48. The molecule has 118 valence electrons. The van der Waals surface area contributed by atoms with Crippen LogP contribution in [0.1, 0.15) is 59.8 Å². The highest BCUT2D eigenvalue weighted by Crippen LogP contribution is 2.41. The molecule has 0 aromatic carbocycles. The molecule has 2 rings (SSSR count). The van der Waals surface area contributed by atoms with Crippen molar-refractivity contribution in [2.75, 3.05) is 19.7 Å². The molecule has 1 aliphatic carbocycles. The van der Waals surface area contributed by atoms with Crippen LogP contribution in [-0.2, 0) is 4.74 Å². The molecule has 0 amide bonds. The molecule has 2 aliphatic rings. The number of hydrogen-bond donors (Lipinski definition) is 1. The van der Waals surface area contributed by atoms with E-state index < -0.39 is 0 Å². The Morgan fingerprint density at radius 3 is 2.65 bits per heavy atom. The van der Waals surface area contributed by atoms with Gasteiger partial charge in [-0.2, -0.15) is 0 Å². The third kappa shape index (κ3) is 3.55. The minimum atomic E-state index is 0.356. The third-order valence-electron chi connectivity index (χ3n) is 5.98. The highest BCUT2D eigenvalue weighted by molar-refractivity contribution is 4.94. The van der Waals surface area contributed by atoms with E-state index in [1.54, 1.807) is 0 Å². The summed E-state index contributed by atoms with van der Waals surface area (Å²) < 4.78 is 5.82. The van der Waals surface area contributed by atoms with E-state index in [4.69, 9.17) is 10.5 Å². The molecule has 2 N–H and O–H groups in total. The summed E-state index contributed by atoms with van der Waals surface area (Å²) in [5.74, 6) is 0.820. The Balaban J connectivity index is 2.01. The third-order valence-corrected chi connectivity index (χ3v) is 5.98. The van der Waals surface area contributed by atoms with Gasteiger partial charge >= 0.3 is 0 Å². The molecule has 0 radical (unpaired) electrons. The smallest absolute Gasteiger partial charge is 0.0700 e. The van der Waals surface area contributed by atoms with Crippen LogP contribution in [-0.4, -0.2) is 42.8 Å². The summed E-state index contributed by atoms with van der Waals surface area (Å²) in [7, 11) is 0. The van der Waals surface area contributed by atoms with Crippen molar-refractivity contribution in [1.82, 2.24) is 4.90 Å². The van der Waals surface area contributed by atoms with Crippen LogP contribution in [0.3, 0.4) is 0 Å². The van der Waals surface area contributed by atoms with E-state index in [9.17, 15) is 0 Å². The van der Waals surface area contributed by atoms with Gasteiger partial charge in [-0.3, -0.25) is 4.90 Å². The first-order valence-corrected chi connectivity index (χ1v) is 8.59. The van der Waals surface area contributed by atoms with Gasteiger partial charge in [0.1, 0.15) is 0 Å². The molecule has 0 aromatic heterocycles. The monoisotopic (exact) mass is 282 g/mol. The van der Waals surface area contributed by atoms with Crippen LogP contribution in [0.25, 0.3) is 0 Å². The van der Waals surface area contributed by atoms with E-state index in [2.05, 4.69) is 32.6 Å². The van der Waals surface area contributed by atoms with E-state index in [0.717, 1.165) is 32.0 Å². The van der Waals surface area contributed by atoms with Crippen LogP contribution in [0.4, 0.5) is 0 Å². The number of ether oxygens (including phenoxy) is 1. The van der Waals surface area contributed by atoms with Gasteiger partial charge in [0, 0.05) is 25.2 Å². The summed E-state index contributed by atoms with van der Waals surface area (Å²) in [5.41, 5.74) is 6.91. The first-order valence-electron chi connectivity index (χ1n) is 8.59. The first kappa shape index (κ1) is 16.3. The van der Waals surface area contributed by atoms with Gasteiger partial charge in [0.2, 0.25) is 0 Å². The second kappa shape index (κ2) is 6.76. The van der Waals surface area contributed by atoms with Crippen LogP contribution in [0.15, 0.2) is 0 Å². The number of rotatable bonds is 4. The van der Waals surface area contributed by atoms with Crippen LogP contribution < -0.4 is 5.73 Å². The van der Waals surface area contributed by atoms with Crippen LogP contribution >= 0.6 is 0 Å². The summed E-state index contributed by atoms with van der Waals surface area (Å²) in [6, 6.07) is 0.923. The number of nitrogens with two attached hydrogens (primary N) is 1. The number of nitrogens with zero attached hydrogens (tertiary/aromatic N) is 1. The summed E-state index contributed by atoms with van der Waals surface area (Å²) in [6.45, 7) is 12.4. The standard InChI is InChI=1S/C17H34N2O/c1-5-14-12-19(9-10-20-14)16-11-13(7-8-15(16)18)17(3,4)6-2/h13-16H,5-12,18H2,1-4H3. The molecule has 2 fully saturated rings. The fourth-order valence-corrected chi connectivity index (χ4v) is 3.88. The van der Waals surface area contributed by atoms with E-state index >= 15 is 0 Å². The lowest BCUT2D eigenvalue weighted by molar-refractivity contribution is -0.0605. The maximum absolute atomic E-state index is 6.46. The molecular formula is C17H34N2O. The molecule has 0 bridgehead atoms. The van der Waals surface area contributed by atoms with Gasteiger partial charge in [0.25, 0.3) is 0 Å². The van der Waals surface area contributed by atoms with Crippen molar-refractivity contribution in [3.05, 3.63) is 0 Å². The Labute approximate surface area is 125 Å². The minimum absolute atomic E-state index is 0.356. The Bertz CT molecular complexity index is 305. The zero-order valence-corrected chi connectivity index (χ0v) is 13.9.